The standard InChI is InChI=1S/C10H14O/c1-6-3-4-8-5-9(6)10(11)7(8)2/h3,7-9H,4-5H2,1-2H3/t7?,8-,9-/m0/s1. The minimum Gasteiger partial charge on any atom is -0.299 e. The molecule has 0 amide bonds. The number of Topliss-reactive ketones (excluding diaryl/α,β-unsaturated/α-hetero) is 1. The van der Waals surface area contributed by atoms with Crippen LogP contribution in [0.5, 0.6) is 0 Å². The Balaban J connectivity index is 2.33. The van der Waals surface area contributed by atoms with Gasteiger partial charge in [-0.1, -0.05) is 18.6 Å². The van der Waals surface area contributed by atoms with Crippen molar-refractivity contribution in [1.29, 1.82) is 0 Å². The molecule has 0 aromatic carbocycles. The topological polar surface area (TPSA) is 17.1 Å². The fourth-order valence-corrected chi connectivity index (χ4v) is 2.36. The van der Waals surface area contributed by atoms with E-state index in [0.717, 1.165) is 12.8 Å². The van der Waals surface area contributed by atoms with Gasteiger partial charge in [0.05, 0.1) is 0 Å². The predicted molar refractivity (Wildman–Crippen MR) is 44.1 cm³/mol. The van der Waals surface area contributed by atoms with E-state index >= 15 is 0 Å². The highest BCUT2D eigenvalue weighted by Crippen LogP contribution is 2.42. The zero-order valence-corrected chi connectivity index (χ0v) is 7.13. The van der Waals surface area contributed by atoms with E-state index in [4.69, 9.17) is 0 Å². The summed E-state index contributed by atoms with van der Waals surface area (Å²) in [6, 6.07) is 0. The first-order valence-electron chi connectivity index (χ1n) is 4.40. The van der Waals surface area contributed by atoms with E-state index in [1.165, 1.54) is 5.57 Å². The predicted octanol–water partition coefficient (Wildman–Crippen LogP) is 2.18. The third-order valence-corrected chi connectivity index (χ3v) is 3.33. The first-order chi connectivity index (χ1) is 5.20. The number of carbonyl (C=O) groups excluding carboxylic acids is 1. The van der Waals surface area contributed by atoms with Crippen LogP contribution in [-0.2, 0) is 4.79 Å². The maximum Gasteiger partial charge on any atom is 0.143 e. The van der Waals surface area contributed by atoms with Gasteiger partial charge in [-0.05, 0) is 25.7 Å². The van der Waals surface area contributed by atoms with Gasteiger partial charge in [-0.25, -0.2) is 0 Å². The lowest BCUT2D eigenvalue weighted by Crippen LogP contribution is -2.12. The minimum absolute atomic E-state index is 0.295. The smallest absolute Gasteiger partial charge is 0.143 e. The molecule has 3 atom stereocenters. The number of fused-ring (bicyclic) bond motifs is 2. The molecule has 2 aliphatic rings. The van der Waals surface area contributed by atoms with Gasteiger partial charge in [-0.3, -0.25) is 4.79 Å². The summed E-state index contributed by atoms with van der Waals surface area (Å²) in [5.74, 6) is 1.77. The van der Waals surface area contributed by atoms with Crippen molar-refractivity contribution in [3.05, 3.63) is 11.6 Å². The average Bonchev–Trinajstić information content (AvgIpc) is 2.24. The molecule has 0 aromatic heterocycles. The van der Waals surface area contributed by atoms with Crippen molar-refractivity contribution in [2.24, 2.45) is 17.8 Å². The number of hydrogen-bond acceptors (Lipinski definition) is 1. The normalized spacial score (nSPS) is 42.5. The van der Waals surface area contributed by atoms with Gasteiger partial charge in [-0.15, -0.1) is 0 Å². The van der Waals surface area contributed by atoms with Crippen molar-refractivity contribution in [3.63, 3.8) is 0 Å². The molecule has 0 saturated heterocycles. The van der Waals surface area contributed by atoms with Crippen LogP contribution < -0.4 is 0 Å². The van der Waals surface area contributed by atoms with Crippen LogP contribution >= 0.6 is 0 Å². The molecule has 60 valence electrons. The third-order valence-electron chi connectivity index (χ3n) is 3.33. The Morgan fingerprint density at radius 2 is 2.27 bits per heavy atom. The van der Waals surface area contributed by atoms with Crippen LogP contribution in [0.1, 0.15) is 26.7 Å². The van der Waals surface area contributed by atoms with Gasteiger partial charge in [-0.2, -0.15) is 0 Å². The Bertz CT molecular complexity index is 227. The molecule has 0 spiro atoms. The second-order valence-corrected chi connectivity index (χ2v) is 3.92. The molecule has 2 bridgehead atoms. The van der Waals surface area contributed by atoms with E-state index in [2.05, 4.69) is 19.9 Å². The SMILES string of the molecule is CC1=CC[C@H]2C[C@@H]1C(=O)C2C. The molecule has 0 heterocycles. The molecule has 1 nitrogen and oxygen atoms in total. The van der Waals surface area contributed by atoms with Gasteiger partial charge in [0.1, 0.15) is 5.78 Å². The second kappa shape index (κ2) is 2.20. The summed E-state index contributed by atoms with van der Waals surface area (Å²) in [6.07, 6.45) is 4.51. The Hall–Kier alpha value is -0.590. The Kier molecular flexibility index (Phi) is 1.41. The molecule has 0 aliphatic heterocycles. The van der Waals surface area contributed by atoms with Crippen LogP contribution in [0.4, 0.5) is 0 Å². The lowest BCUT2D eigenvalue weighted by atomic mass is 9.88. The molecule has 0 radical (unpaired) electrons. The molecular weight excluding hydrogens is 136 g/mol. The average molecular weight is 150 g/mol. The van der Waals surface area contributed by atoms with Crippen LogP contribution in [0, 0.1) is 17.8 Å². The number of carbonyl (C=O) groups is 1. The number of allylic oxidation sites excluding steroid dienone is 2. The van der Waals surface area contributed by atoms with Gasteiger partial charge in [0.25, 0.3) is 0 Å². The van der Waals surface area contributed by atoms with Crippen LogP contribution in [0.2, 0.25) is 0 Å². The molecule has 2 aliphatic carbocycles. The molecular formula is C10H14O. The lowest BCUT2D eigenvalue weighted by Gasteiger charge is -2.16. The highest BCUT2D eigenvalue weighted by atomic mass is 16.1. The Morgan fingerprint density at radius 1 is 1.55 bits per heavy atom. The Morgan fingerprint density at radius 3 is 2.91 bits per heavy atom. The summed E-state index contributed by atoms with van der Waals surface area (Å²) >= 11 is 0. The van der Waals surface area contributed by atoms with Crippen molar-refractivity contribution in [1.82, 2.24) is 0 Å². The van der Waals surface area contributed by atoms with Crippen LogP contribution in [0.3, 0.4) is 0 Å². The van der Waals surface area contributed by atoms with Crippen LogP contribution in [0.15, 0.2) is 11.6 Å². The second-order valence-electron chi connectivity index (χ2n) is 3.92. The van der Waals surface area contributed by atoms with Crippen molar-refractivity contribution in [2.45, 2.75) is 26.7 Å². The van der Waals surface area contributed by atoms with Crippen molar-refractivity contribution in [3.8, 4) is 0 Å². The molecule has 1 heteroatoms. The first-order valence-corrected chi connectivity index (χ1v) is 4.40. The van der Waals surface area contributed by atoms with Gasteiger partial charge in [0.15, 0.2) is 0 Å². The van der Waals surface area contributed by atoms with Gasteiger partial charge >= 0.3 is 0 Å². The van der Waals surface area contributed by atoms with E-state index in [1.54, 1.807) is 0 Å². The van der Waals surface area contributed by atoms with Crippen molar-refractivity contribution in [2.75, 3.05) is 0 Å². The summed E-state index contributed by atoms with van der Waals surface area (Å²) in [5.41, 5.74) is 1.32. The summed E-state index contributed by atoms with van der Waals surface area (Å²) in [6.45, 7) is 4.18. The van der Waals surface area contributed by atoms with Crippen molar-refractivity contribution >= 4 is 5.78 Å². The fraction of sp³-hybridized carbons (Fsp3) is 0.700. The highest BCUT2D eigenvalue weighted by Gasteiger charge is 2.41. The molecule has 2 rings (SSSR count). The van der Waals surface area contributed by atoms with Crippen molar-refractivity contribution < 1.29 is 4.79 Å². The maximum absolute atomic E-state index is 11.6. The Labute approximate surface area is 67.5 Å². The first kappa shape index (κ1) is 7.08. The van der Waals surface area contributed by atoms with Crippen LogP contribution in [-0.4, -0.2) is 5.78 Å². The quantitative estimate of drug-likeness (QED) is 0.484. The molecule has 0 aromatic rings. The number of hydrogen-bond donors (Lipinski definition) is 0. The largest absolute Gasteiger partial charge is 0.299 e. The summed E-state index contributed by atoms with van der Waals surface area (Å²) in [4.78, 5) is 11.6. The molecule has 0 N–H and O–H groups in total. The fourth-order valence-electron chi connectivity index (χ4n) is 2.36. The van der Waals surface area contributed by atoms with Gasteiger partial charge in [0, 0.05) is 11.8 Å². The van der Waals surface area contributed by atoms with Crippen LogP contribution in [0.25, 0.3) is 0 Å². The lowest BCUT2D eigenvalue weighted by molar-refractivity contribution is -0.122. The van der Waals surface area contributed by atoms with Gasteiger partial charge < -0.3 is 0 Å². The maximum atomic E-state index is 11.6. The molecule has 1 fully saturated rings. The number of ketones is 1. The molecule has 1 saturated carbocycles. The zero-order valence-electron chi connectivity index (χ0n) is 7.13. The van der Waals surface area contributed by atoms with E-state index in [9.17, 15) is 4.79 Å². The van der Waals surface area contributed by atoms with E-state index in [0.29, 0.717) is 23.5 Å². The molecule has 1 unspecified atom stereocenters. The summed E-state index contributed by atoms with van der Waals surface area (Å²) in [7, 11) is 0. The number of rotatable bonds is 0. The zero-order chi connectivity index (χ0) is 8.01. The highest BCUT2D eigenvalue weighted by molar-refractivity contribution is 5.88. The van der Waals surface area contributed by atoms with E-state index < -0.39 is 0 Å². The summed E-state index contributed by atoms with van der Waals surface area (Å²) in [5, 5.41) is 0. The monoisotopic (exact) mass is 150 g/mol. The van der Waals surface area contributed by atoms with Gasteiger partial charge in [0.2, 0.25) is 0 Å². The third kappa shape index (κ3) is 0.867. The molecule has 11 heavy (non-hydrogen) atoms. The van der Waals surface area contributed by atoms with E-state index in [-0.39, 0.29) is 0 Å². The van der Waals surface area contributed by atoms with E-state index in [1.807, 2.05) is 0 Å². The summed E-state index contributed by atoms with van der Waals surface area (Å²) < 4.78 is 0. The minimum atomic E-state index is 0.295.